The number of unbranched alkanes of at least 4 members (excludes halogenated alkanes) is 2. The van der Waals surface area contributed by atoms with Crippen LogP contribution >= 0.6 is 22.6 Å². The number of hydrogen-bond donors (Lipinski definition) is 10. The van der Waals surface area contributed by atoms with Gasteiger partial charge in [-0.05, 0) is 101 Å². The standard InChI is InChI=1S/C77H93IN10O20/c1-39-16-13-17-40(2)70(97)86-62-65(95)57-56(58-67(44(6)64(57)94)108-76(8,69(58)96)105-35-27-52(103-9)41(3)66(106-45(7)89)43(5)59(78)42(4)63(39)93)61-68(62)107-53-37-49(36-51(90)60(53)85-61)87-33-25-48(26-34-87)83-75(102)104-38-46-19-21-47(22-20-46)82-71(98)50(18-14-31-81-74(79)101)84-73(100)77(28-15-29-77)72(99)80-30-11-10-12-32-88-54(91)23-24-55(88)92/h13,16-17,19-24,27,35-37,39,41-43,48,50,52,59,63,66,90,93-94H,10-12,14-15,18,25-26,28-34,38H2,1-9H3,(H,80,99)(H,82,98)(H,83,102)(H,84,100)(H,86,97)(H3,79,81,101)/b16-13+,35-27+,40-17-/t39-,41+,42-,43+,50-,52-,59+,63-,66+,76-/m0/s1. The zero-order valence-electron chi connectivity index (χ0n) is 61.7. The number of phenolic OH excluding ortho intramolecular Hbond substituents is 2. The number of aromatic hydroxyl groups is 2. The average Bonchev–Trinajstić information content (AvgIpc) is 0.923. The van der Waals surface area contributed by atoms with Crippen LogP contribution in [-0.4, -0.2) is 164 Å². The lowest BCUT2D eigenvalue weighted by Crippen LogP contribution is -2.58. The number of primary amides is 1. The number of aliphatic hydroxyl groups excluding tert-OH is 1. The number of aliphatic hydroxyl groups is 1. The molecule has 30 nitrogen and oxygen atoms in total. The number of urea groups is 1. The van der Waals surface area contributed by atoms with Crippen LogP contribution in [-0.2, 0) is 59.1 Å². The number of anilines is 3. The highest BCUT2D eigenvalue weighted by Gasteiger charge is 2.53. The van der Waals surface area contributed by atoms with Crippen LogP contribution in [0.3, 0.4) is 0 Å². The number of hydrogen-bond acceptors (Lipinski definition) is 22. The largest absolute Gasteiger partial charge is 0.507 e. The summed E-state index contributed by atoms with van der Waals surface area (Å²) in [5, 5.41) is 51.6. The quantitative estimate of drug-likeness (QED) is 0.00483. The number of ether oxygens (including phenoxy) is 5. The Bertz CT molecular complexity index is 4470. The fourth-order valence-corrected chi connectivity index (χ4v) is 15.2. The van der Waals surface area contributed by atoms with Gasteiger partial charge in [-0.25, -0.2) is 14.6 Å². The predicted octanol–water partition coefficient (Wildman–Crippen LogP) is 8.25. The van der Waals surface area contributed by atoms with E-state index in [1.165, 1.54) is 65.4 Å². The highest BCUT2D eigenvalue weighted by Crippen LogP contribution is 2.51. The molecule has 4 bridgehead atoms. The van der Waals surface area contributed by atoms with Gasteiger partial charge in [0.1, 0.15) is 58.3 Å². The van der Waals surface area contributed by atoms with Crippen molar-refractivity contribution in [3.8, 4) is 28.7 Å². The summed E-state index contributed by atoms with van der Waals surface area (Å²) in [5.74, 6) is -9.64. The molecule has 11 N–H and O–H groups in total. The van der Waals surface area contributed by atoms with Crippen LogP contribution in [0.15, 0.2) is 93.9 Å². The van der Waals surface area contributed by atoms with Gasteiger partial charge in [0.05, 0.1) is 29.4 Å². The van der Waals surface area contributed by atoms with Crippen LogP contribution in [0.4, 0.5) is 26.7 Å². The minimum absolute atomic E-state index is 0.0139. The Labute approximate surface area is 636 Å². The van der Waals surface area contributed by atoms with Crippen molar-refractivity contribution in [3.63, 3.8) is 0 Å². The van der Waals surface area contributed by atoms with E-state index in [-0.39, 0.29) is 142 Å². The van der Waals surface area contributed by atoms with Gasteiger partial charge in [-0.2, -0.15) is 0 Å². The number of imide groups is 1. The molecular weight excluding hydrogens is 1510 g/mol. The molecule has 2 aliphatic carbocycles. The van der Waals surface area contributed by atoms with E-state index in [0.29, 0.717) is 68.6 Å². The number of alkyl carbamates (subject to hydrolysis) is 1. The molecule has 0 radical (unpaired) electrons. The lowest BCUT2D eigenvalue weighted by molar-refractivity contribution is -0.155. The number of amides is 9. The summed E-state index contributed by atoms with van der Waals surface area (Å²) in [6.07, 6.45) is 11.0. The number of nitrogens with zero attached hydrogens (tertiary/aromatic N) is 3. The lowest BCUT2D eigenvalue weighted by atomic mass is 9.67. The Morgan fingerprint density at radius 2 is 1.56 bits per heavy atom. The fraction of sp³-hybridized carbons (Fsp3) is 0.481. The van der Waals surface area contributed by atoms with Gasteiger partial charge in [0.2, 0.25) is 23.2 Å². The summed E-state index contributed by atoms with van der Waals surface area (Å²) in [6.45, 7) is 14.3. The first-order valence-corrected chi connectivity index (χ1v) is 37.4. The number of carbonyl (C=O) groups excluding carboxylic acids is 10. The first-order chi connectivity index (χ1) is 51.4. The van der Waals surface area contributed by atoms with E-state index < -0.39 is 117 Å². The number of allylic oxidation sites excluding steroid dienone is 2. The third-order valence-corrected chi connectivity index (χ3v) is 23.3. The Balaban J connectivity index is 0.817. The maximum atomic E-state index is 15.2. The fourth-order valence-electron chi connectivity index (χ4n) is 14.3. The first-order valence-electron chi connectivity index (χ1n) is 36.2. The Hall–Kier alpha value is -10.2. The Kier molecular flexibility index (Phi) is 25.6. The van der Waals surface area contributed by atoms with Crippen LogP contribution < -0.4 is 52.7 Å². The van der Waals surface area contributed by atoms with Crippen molar-refractivity contribution in [2.75, 3.05) is 55.4 Å². The summed E-state index contributed by atoms with van der Waals surface area (Å²) in [6, 6.07) is 7.31. The number of ketones is 1. The molecule has 0 spiro atoms. The number of carbonyl (C=O) groups is 10. The minimum Gasteiger partial charge on any atom is -0.507 e. The maximum absolute atomic E-state index is 15.2. The van der Waals surface area contributed by atoms with Gasteiger partial charge in [0.15, 0.2) is 11.3 Å². The second-order valence-corrected chi connectivity index (χ2v) is 30.0. The van der Waals surface area contributed by atoms with Gasteiger partial charge in [-0.3, -0.25) is 48.1 Å². The molecular formula is C77H93IN10O20. The minimum atomic E-state index is -2.13. The van der Waals surface area contributed by atoms with Crippen molar-refractivity contribution in [3.05, 3.63) is 112 Å². The number of esters is 1. The lowest BCUT2D eigenvalue weighted by Gasteiger charge is -2.39. The summed E-state index contributed by atoms with van der Waals surface area (Å²) < 4.78 is 36.3. The summed E-state index contributed by atoms with van der Waals surface area (Å²) >= 11 is 2.26. The molecule has 5 heterocycles. The number of phenols is 2. The van der Waals surface area contributed by atoms with Gasteiger partial charge in [-0.15, -0.1) is 0 Å². The third-order valence-electron chi connectivity index (χ3n) is 21.0. The molecule has 108 heavy (non-hydrogen) atoms. The second kappa shape index (κ2) is 34.4. The van der Waals surface area contributed by atoms with E-state index >= 15 is 9.59 Å². The van der Waals surface area contributed by atoms with Gasteiger partial charge < -0.3 is 86.0 Å². The maximum Gasteiger partial charge on any atom is 0.407 e. The number of piperidine rings is 1. The van der Waals surface area contributed by atoms with E-state index in [1.54, 1.807) is 48.6 Å². The number of aromatic nitrogens is 1. The molecule has 9 amide bonds. The zero-order valence-corrected chi connectivity index (χ0v) is 63.8. The smallest absolute Gasteiger partial charge is 0.407 e. The van der Waals surface area contributed by atoms with Crippen molar-refractivity contribution in [2.45, 2.75) is 166 Å². The summed E-state index contributed by atoms with van der Waals surface area (Å²) in [4.78, 5) is 155. The normalized spacial score (nSPS) is 24.6. The number of benzene rings is 4. The third kappa shape index (κ3) is 17.5. The van der Waals surface area contributed by atoms with Gasteiger partial charge in [0, 0.05) is 134 Å². The highest BCUT2D eigenvalue weighted by molar-refractivity contribution is 14.1. The number of rotatable bonds is 21. The van der Waals surface area contributed by atoms with Gasteiger partial charge >= 0.3 is 23.9 Å². The van der Waals surface area contributed by atoms with E-state index in [4.69, 9.17) is 38.8 Å². The number of methoxy groups -OCH3 is 1. The Morgan fingerprint density at radius 3 is 2.22 bits per heavy atom. The van der Waals surface area contributed by atoms with Gasteiger partial charge in [0.25, 0.3) is 23.5 Å². The molecule has 3 aromatic carbocycles. The molecule has 0 aromatic heterocycles. The molecule has 1 saturated carbocycles. The first kappa shape index (κ1) is 80.4. The number of Topliss-reactive ketones (excluding diaryl/α,β-unsaturated/α-hetero) is 1. The molecule has 1 saturated heterocycles. The van der Waals surface area contributed by atoms with Crippen LogP contribution in [0.5, 0.6) is 17.2 Å². The zero-order chi connectivity index (χ0) is 78.2. The summed E-state index contributed by atoms with van der Waals surface area (Å²) in [5.41, 5.74) is 3.39. The molecule has 7 aliphatic rings. The number of fused-ring (bicyclic) bond motifs is 2. The van der Waals surface area contributed by atoms with Crippen molar-refractivity contribution >= 4 is 121 Å². The van der Waals surface area contributed by atoms with Crippen LogP contribution in [0.1, 0.15) is 134 Å². The van der Waals surface area contributed by atoms with E-state index in [9.17, 15) is 58.5 Å². The van der Waals surface area contributed by atoms with Crippen LogP contribution in [0, 0.1) is 36.0 Å². The molecule has 10 rings (SSSR count). The monoisotopic (exact) mass is 1600 g/mol. The van der Waals surface area contributed by atoms with E-state index in [2.05, 4.69) is 54.5 Å². The van der Waals surface area contributed by atoms with E-state index in [0.717, 1.165) is 4.90 Å². The summed E-state index contributed by atoms with van der Waals surface area (Å²) in [7, 11) is 1.47. The molecule has 31 heteroatoms. The van der Waals surface area contributed by atoms with Crippen molar-refractivity contribution in [1.29, 1.82) is 0 Å². The van der Waals surface area contributed by atoms with Crippen molar-refractivity contribution in [2.24, 2.45) is 34.8 Å². The molecule has 5 aliphatic heterocycles. The number of nitrogens with two attached hydrogens (primary N) is 1. The van der Waals surface area contributed by atoms with Crippen LogP contribution in [0.2, 0.25) is 0 Å². The topological polar surface area (TPSA) is 425 Å². The van der Waals surface area contributed by atoms with Crippen molar-refractivity contribution < 1.29 is 91.4 Å². The van der Waals surface area contributed by atoms with Crippen molar-refractivity contribution in [1.82, 2.24) is 31.2 Å². The van der Waals surface area contributed by atoms with Gasteiger partial charge in [-0.1, -0.05) is 87.1 Å². The van der Waals surface area contributed by atoms with E-state index in [1.807, 2.05) is 32.6 Å². The number of alkyl halides is 1. The number of nitrogens with one attached hydrogen (secondary N) is 6. The molecule has 3 aromatic rings. The molecule has 0 unspecified atom stereocenters. The average molecular weight is 1610 g/mol. The Morgan fingerprint density at radius 1 is 0.870 bits per heavy atom. The molecule has 10 atom stereocenters. The molecule has 2 fully saturated rings. The SMILES string of the molecule is CO[C@H]1/C=C/O[C@@]2(C)Oc3c(C)c(O)c4c(=O)c(c5oc6cc(N7CCC(NC(=O)OCc8ccc(NC(=O)[C@H](CCCNC(N)=O)NC(=O)C9(C(=O)NCCCCCN%10C(=O)C=CC%10=O)CCC9)cc8)CC7)cc(O)c6nc-5c4c3C2=O)NC(=O)/C(C)=C\C=C\[C@H](C)[C@H](O)[C@@H](C)[C@@H](I)[C@@H](C)[C@H](OC(C)=O)[C@@H]1C. The number of halogens is 1. The highest BCUT2D eigenvalue weighted by atomic mass is 127. The predicted molar refractivity (Wildman–Crippen MR) is 406 cm³/mol. The molecule has 578 valence electrons. The second-order valence-electron chi connectivity index (χ2n) is 28.5. The van der Waals surface area contributed by atoms with Crippen LogP contribution in [0.25, 0.3) is 33.3 Å².